The van der Waals surface area contributed by atoms with Crippen LogP contribution in [0.15, 0.2) is 11.1 Å². The van der Waals surface area contributed by atoms with Crippen LogP contribution in [0.25, 0.3) is 10.2 Å². The summed E-state index contributed by atoms with van der Waals surface area (Å²) in [6, 6.07) is 0. The average molecular weight is 294 g/mol. The zero-order valence-electron chi connectivity index (χ0n) is 11.8. The number of rotatable bonds is 5. The Kier molecular flexibility index (Phi) is 4.23. The quantitative estimate of drug-likeness (QED) is 0.920. The molecule has 1 N–H and O–H groups in total. The summed E-state index contributed by atoms with van der Waals surface area (Å²) in [7, 11) is 0. The van der Waals surface area contributed by atoms with Gasteiger partial charge in [-0.2, -0.15) is 0 Å². The molecule has 0 amide bonds. The fraction of sp³-hybridized carbons (Fsp3) is 0.500. The van der Waals surface area contributed by atoms with Gasteiger partial charge in [-0.15, -0.1) is 11.3 Å². The molecule has 0 saturated carbocycles. The Morgan fingerprint density at radius 1 is 1.50 bits per heavy atom. The van der Waals surface area contributed by atoms with Gasteiger partial charge in [0, 0.05) is 6.54 Å². The van der Waals surface area contributed by atoms with Crippen LogP contribution in [-0.4, -0.2) is 20.6 Å². The number of aromatic carboxylic acids is 1. The number of aryl methyl sites for hydroxylation is 2. The predicted octanol–water partition coefficient (Wildman–Crippen LogP) is 2.90. The third-order valence-corrected chi connectivity index (χ3v) is 4.48. The molecule has 0 saturated heterocycles. The fourth-order valence-electron chi connectivity index (χ4n) is 2.19. The molecule has 0 radical (unpaired) electrons. The number of hydrogen-bond donors (Lipinski definition) is 1. The lowest BCUT2D eigenvalue weighted by atomic mass is 10.1. The van der Waals surface area contributed by atoms with E-state index in [9.17, 15) is 9.59 Å². The largest absolute Gasteiger partial charge is 0.477 e. The lowest BCUT2D eigenvalue weighted by Crippen LogP contribution is -2.20. The van der Waals surface area contributed by atoms with E-state index in [0.29, 0.717) is 28.2 Å². The van der Waals surface area contributed by atoms with Crippen molar-refractivity contribution in [2.75, 3.05) is 0 Å². The van der Waals surface area contributed by atoms with Crippen LogP contribution in [0.1, 0.15) is 41.9 Å². The molecule has 2 aromatic rings. The maximum atomic E-state index is 12.4. The Balaban J connectivity index is 2.40. The van der Waals surface area contributed by atoms with Gasteiger partial charge in [0.2, 0.25) is 0 Å². The number of carboxylic acids is 1. The Bertz CT molecular complexity index is 700. The first-order valence-electron chi connectivity index (χ1n) is 6.63. The lowest BCUT2D eigenvalue weighted by Gasteiger charge is -2.07. The number of nitrogens with zero attached hydrogens (tertiary/aromatic N) is 2. The Morgan fingerprint density at radius 3 is 2.80 bits per heavy atom. The van der Waals surface area contributed by atoms with Crippen LogP contribution in [-0.2, 0) is 6.54 Å². The minimum Gasteiger partial charge on any atom is -0.477 e. The number of hydrogen-bond acceptors (Lipinski definition) is 4. The molecule has 0 unspecified atom stereocenters. The zero-order valence-corrected chi connectivity index (χ0v) is 12.7. The van der Waals surface area contributed by atoms with Crippen molar-refractivity contribution < 1.29 is 9.90 Å². The van der Waals surface area contributed by atoms with Crippen molar-refractivity contribution in [2.24, 2.45) is 5.92 Å². The zero-order chi connectivity index (χ0) is 14.9. The van der Waals surface area contributed by atoms with Crippen molar-refractivity contribution >= 4 is 27.5 Å². The lowest BCUT2D eigenvalue weighted by molar-refractivity contribution is 0.0701. The third-order valence-electron chi connectivity index (χ3n) is 3.29. The molecule has 2 aromatic heterocycles. The normalized spacial score (nSPS) is 11.4. The maximum Gasteiger partial charge on any atom is 0.346 e. The highest BCUT2D eigenvalue weighted by molar-refractivity contribution is 7.20. The molecule has 0 aliphatic rings. The summed E-state index contributed by atoms with van der Waals surface area (Å²) in [4.78, 5) is 28.4. The van der Waals surface area contributed by atoms with Gasteiger partial charge < -0.3 is 5.11 Å². The Hall–Kier alpha value is -1.69. The molecule has 6 heteroatoms. The first-order valence-corrected chi connectivity index (χ1v) is 7.45. The number of aromatic nitrogens is 2. The fourth-order valence-corrected chi connectivity index (χ4v) is 3.17. The van der Waals surface area contributed by atoms with Crippen molar-refractivity contribution in [3.05, 3.63) is 27.1 Å². The van der Waals surface area contributed by atoms with Gasteiger partial charge in [0.1, 0.15) is 9.71 Å². The predicted molar refractivity (Wildman–Crippen MR) is 79.6 cm³/mol. The molecule has 108 valence electrons. The van der Waals surface area contributed by atoms with Crippen LogP contribution in [0.3, 0.4) is 0 Å². The standard InChI is InChI=1S/C14H18N2O3S/c1-8(2)5-4-6-16-7-15-12-10(13(16)17)9(3)11(20-12)14(18)19/h7-8H,4-6H2,1-3H3,(H,18,19). The SMILES string of the molecule is Cc1c(C(=O)O)sc2ncn(CCCC(C)C)c(=O)c12. The minimum absolute atomic E-state index is 0.139. The van der Waals surface area contributed by atoms with Crippen molar-refractivity contribution in [3.63, 3.8) is 0 Å². The highest BCUT2D eigenvalue weighted by Gasteiger charge is 2.18. The molecule has 0 atom stereocenters. The van der Waals surface area contributed by atoms with Crippen LogP contribution in [0, 0.1) is 12.8 Å². The molecule has 0 aromatic carbocycles. The molecule has 20 heavy (non-hydrogen) atoms. The molecule has 2 heterocycles. The van der Waals surface area contributed by atoms with Crippen LogP contribution in [0.5, 0.6) is 0 Å². The highest BCUT2D eigenvalue weighted by atomic mass is 32.1. The van der Waals surface area contributed by atoms with Crippen LogP contribution < -0.4 is 5.56 Å². The van der Waals surface area contributed by atoms with Gasteiger partial charge in [0.05, 0.1) is 11.7 Å². The minimum atomic E-state index is -1.00. The van der Waals surface area contributed by atoms with Gasteiger partial charge >= 0.3 is 5.97 Å². The van der Waals surface area contributed by atoms with E-state index in [1.165, 1.54) is 6.33 Å². The summed E-state index contributed by atoms with van der Waals surface area (Å²) in [6.07, 6.45) is 3.49. The monoisotopic (exact) mass is 294 g/mol. The molecule has 5 nitrogen and oxygen atoms in total. The second kappa shape index (κ2) is 5.75. The molecule has 0 aliphatic heterocycles. The van der Waals surface area contributed by atoms with Gasteiger partial charge in [-0.05, 0) is 31.2 Å². The van der Waals surface area contributed by atoms with Crippen molar-refractivity contribution in [1.29, 1.82) is 0 Å². The Morgan fingerprint density at radius 2 is 2.20 bits per heavy atom. The number of carbonyl (C=O) groups is 1. The summed E-state index contributed by atoms with van der Waals surface area (Å²) in [6.45, 7) is 6.58. The maximum absolute atomic E-state index is 12.4. The molecule has 0 bridgehead atoms. The first-order chi connectivity index (χ1) is 9.41. The molecule has 2 rings (SSSR count). The van der Waals surface area contributed by atoms with Crippen molar-refractivity contribution in [3.8, 4) is 0 Å². The Labute approximate surface area is 120 Å². The molecule has 0 fully saturated rings. The summed E-state index contributed by atoms with van der Waals surface area (Å²) in [5, 5.41) is 9.55. The summed E-state index contributed by atoms with van der Waals surface area (Å²) < 4.78 is 1.58. The van der Waals surface area contributed by atoms with Crippen LogP contribution >= 0.6 is 11.3 Å². The van der Waals surface area contributed by atoms with E-state index >= 15 is 0 Å². The smallest absolute Gasteiger partial charge is 0.346 e. The highest BCUT2D eigenvalue weighted by Crippen LogP contribution is 2.26. The number of thiophene rings is 1. The van der Waals surface area contributed by atoms with Gasteiger partial charge in [0.15, 0.2) is 0 Å². The first kappa shape index (κ1) is 14.7. The molecular weight excluding hydrogens is 276 g/mol. The summed E-state index contributed by atoms with van der Waals surface area (Å²) in [5.41, 5.74) is 0.383. The molecule has 0 aliphatic carbocycles. The van der Waals surface area contributed by atoms with Gasteiger partial charge in [0.25, 0.3) is 5.56 Å². The van der Waals surface area contributed by atoms with E-state index < -0.39 is 5.97 Å². The topological polar surface area (TPSA) is 72.2 Å². The number of fused-ring (bicyclic) bond motifs is 1. The second-order valence-electron chi connectivity index (χ2n) is 5.32. The molecule has 0 spiro atoms. The third kappa shape index (κ3) is 2.75. The van der Waals surface area contributed by atoms with Gasteiger partial charge in [-0.1, -0.05) is 13.8 Å². The summed E-state index contributed by atoms with van der Waals surface area (Å²) >= 11 is 1.06. The van der Waals surface area contributed by atoms with E-state index in [0.717, 1.165) is 24.2 Å². The molecular formula is C14H18N2O3S. The van der Waals surface area contributed by atoms with E-state index in [4.69, 9.17) is 5.11 Å². The van der Waals surface area contributed by atoms with E-state index in [1.54, 1.807) is 11.5 Å². The van der Waals surface area contributed by atoms with Crippen LogP contribution in [0.4, 0.5) is 0 Å². The van der Waals surface area contributed by atoms with E-state index in [-0.39, 0.29) is 10.4 Å². The van der Waals surface area contributed by atoms with Crippen molar-refractivity contribution in [1.82, 2.24) is 9.55 Å². The van der Waals surface area contributed by atoms with E-state index in [2.05, 4.69) is 18.8 Å². The van der Waals surface area contributed by atoms with Gasteiger partial charge in [-0.3, -0.25) is 9.36 Å². The number of carboxylic acid groups (broad SMARTS) is 1. The van der Waals surface area contributed by atoms with Crippen LogP contribution in [0.2, 0.25) is 0 Å². The van der Waals surface area contributed by atoms with Gasteiger partial charge in [-0.25, -0.2) is 9.78 Å². The summed E-state index contributed by atoms with van der Waals surface area (Å²) in [5.74, 6) is -0.403. The van der Waals surface area contributed by atoms with Crippen molar-refractivity contribution in [2.45, 2.75) is 40.2 Å². The second-order valence-corrected chi connectivity index (χ2v) is 6.32. The van der Waals surface area contributed by atoms with E-state index in [1.807, 2.05) is 0 Å². The average Bonchev–Trinajstić information content (AvgIpc) is 2.70.